The number of hydrogen-bond acceptors (Lipinski definition) is 3. The average Bonchev–Trinajstić information content (AvgIpc) is 2.48. The third-order valence-electron chi connectivity index (χ3n) is 2.94. The minimum absolute atomic E-state index is 0.0748. The number of nitrogens with two attached hydrogens (primary N) is 1. The molecule has 0 amide bonds. The van der Waals surface area contributed by atoms with E-state index in [-0.39, 0.29) is 12.6 Å². The van der Waals surface area contributed by atoms with Crippen molar-refractivity contribution in [2.45, 2.75) is 6.04 Å². The monoisotopic (exact) mass is 261 g/mol. The van der Waals surface area contributed by atoms with Gasteiger partial charge in [-0.25, -0.2) is 4.39 Å². The molecule has 0 aliphatic carbocycles. The highest BCUT2D eigenvalue weighted by Crippen LogP contribution is 2.23. The lowest BCUT2D eigenvalue weighted by molar-refractivity contribution is 0.192. The zero-order valence-electron chi connectivity index (χ0n) is 10.4. The van der Waals surface area contributed by atoms with Gasteiger partial charge in [0.2, 0.25) is 6.86 Å². The molecule has 0 aromatic heterocycles. The maximum Gasteiger partial charge on any atom is 0.228 e. The van der Waals surface area contributed by atoms with Crippen LogP contribution in [0, 0.1) is 0 Å². The van der Waals surface area contributed by atoms with E-state index in [9.17, 15) is 4.39 Å². The van der Waals surface area contributed by atoms with Crippen LogP contribution >= 0.6 is 0 Å². The van der Waals surface area contributed by atoms with Crippen LogP contribution in [0.5, 0.6) is 5.75 Å². The standard InChI is InChI=1S/C15H16FNO2/c16-10-19-14-7-5-12(6-8-14)11-1-3-13(4-2-11)15(17)9-18/h1-8,15,18H,9-10,17H2. The summed E-state index contributed by atoms with van der Waals surface area (Å²) in [5.74, 6) is 0.505. The summed E-state index contributed by atoms with van der Waals surface area (Å²) in [6, 6.07) is 14.5. The van der Waals surface area contributed by atoms with Crippen molar-refractivity contribution in [2.24, 2.45) is 5.73 Å². The van der Waals surface area contributed by atoms with Gasteiger partial charge in [-0.3, -0.25) is 0 Å². The van der Waals surface area contributed by atoms with Crippen LogP contribution in [0.3, 0.4) is 0 Å². The van der Waals surface area contributed by atoms with Crippen molar-refractivity contribution in [3.63, 3.8) is 0 Å². The van der Waals surface area contributed by atoms with Crippen molar-refractivity contribution in [1.82, 2.24) is 0 Å². The molecular formula is C15H16FNO2. The summed E-state index contributed by atoms with van der Waals surface area (Å²) in [6.07, 6.45) is 0. The van der Waals surface area contributed by atoms with E-state index in [1.165, 1.54) is 0 Å². The van der Waals surface area contributed by atoms with Crippen molar-refractivity contribution in [1.29, 1.82) is 0 Å². The molecule has 0 heterocycles. The molecule has 19 heavy (non-hydrogen) atoms. The van der Waals surface area contributed by atoms with Crippen LogP contribution in [0.4, 0.5) is 4.39 Å². The molecule has 0 aliphatic heterocycles. The van der Waals surface area contributed by atoms with E-state index in [1.54, 1.807) is 12.1 Å². The summed E-state index contributed by atoms with van der Waals surface area (Å²) >= 11 is 0. The van der Waals surface area contributed by atoms with Crippen molar-refractivity contribution in [3.05, 3.63) is 54.1 Å². The van der Waals surface area contributed by atoms with Gasteiger partial charge in [0.1, 0.15) is 5.75 Å². The van der Waals surface area contributed by atoms with E-state index in [4.69, 9.17) is 15.6 Å². The first-order chi connectivity index (χ1) is 9.24. The molecule has 0 spiro atoms. The molecule has 2 aromatic rings. The second-order valence-corrected chi connectivity index (χ2v) is 4.19. The normalized spacial score (nSPS) is 12.2. The maximum atomic E-state index is 12.0. The molecule has 4 heteroatoms. The van der Waals surface area contributed by atoms with Crippen LogP contribution in [0.2, 0.25) is 0 Å². The van der Waals surface area contributed by atoms with E-state index in [0.717, 1.165) is 16.7 Å². The van der Waals surface area contributed by atoms with E-state index in [0.29, 0.717) is 5.75 Å². The molecule has 3 N–H and O–H groups in total. The molecule has 100 valence electrons. The van der Waals surface area contributed by atoms with Gasteiger partial charge in [-0.05, 0) is 28.8 Å². The smallest absolute Gasteiger partial charge is 0.228 e. The fraction of sp³-hybridized carbons (Fsp3) is 0.200. The zero-order chi connectivity index (χ0) is 13.7. The summed E-state index contributed by atoms with van der Waals surface area (Å²) in [6.45, 7) is -0.901. The van der Waals surface area contributed by atoms with Gasteiger partial charge in [-0.1, -0.05) is 36.4 Å². The SMILES string of the molecule is NC(CO)c1ccc(-c2ccc(OCF)cc2)cc1. The van der Waals surface area contributed by atoms with Crippen molar-refractivity contribution < 1.29 is 14.2 Å². The number of aliphatic hydroxyl groups is 1. The van der Waals surface area contributed by atoms with Crippen LogP contribution in [0.25, 0.3) is 11.1 Å². The number of benzene rings is 2. The highest BCUT2D eigenvalue weighted by Gasteiger charge is 2.04. The van der Waals surface area contributed by atoms with Crippen molar-refractivity contribution >= 4 is 0 Å². The second kappa shape index (κ2) is 6.31. The second-order valence-electron chi connectivity index (χ2n) is 4.19. The fourth-order valence-corrected chi connectivity index (χ4v) is 1.83. The lowest BCUT2D eigenvalue weighted by Crippen LogP contribution is -2.14. The van der Waals surface area contributed by atoms with Crippen LogP contribution in [0.15, 0.2) is 48.5 Å². The Morgan fingerprint density at radius 2 is 1.53 bits per heavy atom. The maximum absolute atomic E-state index is 12.0. The average molecular weight is 261 g/mol. The van der Waals surface area contributed by atoms with Crippen LogP contribution in [0.1, 0.15) is 11.6 Å². The Hall–Kier alpha value is -1.91. The van der Waals surface area contributed by atoms with Gasteiger partial charge < -0.3 is 15.6 Å². The quantitative estimate of drug-likeness (QED) is 0.870. The van der Waals surface area contributed by atoms with Gasteiger partial charge in [0, 0.05) is 0 Å². The minimum Gasteiger partial charge on any atom is -0.463 e. The van der Waals surface area contributed by atoms with Crippen molar-refractivity contribution in [3.8, 4) is 16.9 Å². The topological polar surface area (TPSA) is 55.5 Å². The minimum atomic E-state index is -0.826. The Balaban J connectivity index is 2.17. The fourth-order valence-electron chi connectivity index (χ4n) is 1.83. The molecule has 1 atom stereocenters. The van der Waals surface area contributed by atoms with E-state index in [2.05, 4.69) is 0 Å². The molecule has 2 rings (SSSR count). The van der Waals surface area contributed by atoms with Gasteiger partial charge >= 0.3 is 0 Å². The Morgan fingerprint density at radius 3 is 2.00 bits per heavy atom. The van der Waals surface area contributed by atoms with Gasteiger partial charge in [-0.2, -0.15) is 0 Å². The summed E-state index contributed by atoms with van der Waals surface area (Å²) in [7, 11) is 0. The van der Waals surface area contributed by atoms with Gasteiger partial charge in [-0.15, -0.1) is 0 Å². The molecule has 0 bridgehead atoms. The summed E-state index contributed by atoms with van der Waals surface area (Å²) in [5, 5.41) is 8.99. The summed E-state index contributed by atoms with van der Waals surface area (Å²) in [5.41, 5.74) is 8.66. The third-order valence-corrected chi connectivity index (χ3v) is 2.94. The number of halogens is 1. The number of rotatable bonds is 5. The molecule has 0 saturated carbocycles. The van der Waals surface area contributed by atoms with E-state index in [1.807, 2.05) is 36.4 Å². The molecule has 1 unspecified atom stereocenters. The molecule has 0 aliphatic rings. The molecule has 0 radical (unpaired) electrons. The Morgan fingerprint density at radius 1 is 1.00 bits per heavy atom. The van der Waals surface area contributed by atoms with E-state index >= 15 is 0 Å². The molecule has 2 aromatic carbocycles. The summed E-state index contributed by atoms with van der Waals surface area (Å²) in [4.78, 5) is 0. The number of hydrogen-bond donors (Lipinski definition) is 2. The van der Waals surface area contributed by atoms with Gasteiger partial charge in [0.25, 0.3) is 0 Å². The first-order valence-corrected chi connectivity index (χ1v) is 6.00. The van der Waals surface area contributed by atoms with Crippen molar-refractivity contribution in [2.75, 3.05) is 13.5 Å². The highest BCUT2D eigenvalue weighted by atomic mass is 19.1. The largest absolute Gasteiger partial charge is 0.463 e. The van der Waals surface area contributed by atoms with E-state index < -0.39 is 6.86 Å². The Bertz CT molecular complexity index is 511. The summed E-state index contributed by atoms with van der Waals surface area (Å²) < 4.78 is 16.8. The van der Waals surface area contributed by atoms with Crippen LogP contribution in [-0.4, -0.2) is 18.6 Å². The Labute approximate surface area is 111 Å². The molecule has 0 saturated heterocycles. The number of ether oxygens (including phenoxy) is 1. The van der Waals surface area contributed by atoms with Gasteiger partial charge in [0.15, 0.2) is 0 Å². The molecular weight excluding hydrogens is 245 g/mol. The molecule has 3 nitrogen and oxygen atoms in total. The predicted octanol–water partition coefficient (Wildman–Crippen LogP) is 2.65. The predicted molar refractivity (Wildman–Crippen MR) is 72.5 cm³/mol. The first-order valence-electron chi connectivity index (χ1n) is 6.00. The molecule has 0 fully saturated rings. The van der Waals surface area contributed by atoms with Crippen LogP contribution < -0.4 is 10.5 Å². The zero-order valence-corrected chi connectivity index (χ0v) is 10.4. The lowest BCUT2D eigenvalue weighted by Gasteiger charge is -2.09. The highest BCUT2D eigenvalue weighted by molar-refractivity contribution is 5.64. The number of aliphatic hydroxyl groups excluding tert-OH is 1. The van der Waals surface area contributed by atoms with Gasteiger partial charge in [0.05, 0.1) is 12.6 Å². The third kappa shape index (κ3) is 3.30. The Kier molecular flexibility index (Phi) is 4.49. The lowest BCUT2D eigenvalue weighted by atomic mass is 10.0. The van der Waals surface area contributed by atoms with Crippen LogP contribution in [-0.2, 0) is 0 Å². The first kappa shape index (κ1) is 13.5. The number of alkyl halides is 1.